The van der Waals surface area contributed by atoms with Gasteiger partial charge in [0.15, 0.2) is 16.6 Å². The summed E-state index contributed by atoms with van der Waals surface area (Å²) in [5, 5.41) is 3.46. The van der Waals surface area contributed by atoms with Crippen LogP contribution in [0.15, 0.2) is 30.3 Å². The van der Waals surface area contributed by atoms with Gasteiger partial charge in [0.2, 0.25) is 0 Å². The number of rotatable bonds is 5. The van der Waals surface area contributed by atoms with Crippen molar-refractivity contribution in [3.05, 3.63) is 47.0 Å². The number of methoxy groups -OCH3 is 1. The van der Waals surface area contributed by atoms with Crippen molar-refractivity contribution in [1.82, 2.24) is 4.98 Å². The fraction of sp³-hybridized carbons (Fsp3) is 0.263. The second kappa shape index (κ2) is 7.11. The Morgan fingerprint density at radius 1 is 1.20 bits per heavy atom. The molecule has 0 radical (unpaired) electrons. The number of thiazole rings is 1. The van der Waals surface area contributed by atoms with Crippen LogP contribution in [0.25, 0.3) is 10.2 Å². The average molecular weight is 356 g/mol. The minimum absolute atomic E-state index is 0.225. The summed E-state index contributed by atoms with van der Waals surface area (Å²) < 4.78 is 11.8. The van der Waals surface area contributed by atoms with Crippen molar-refractivity contribution in [2.45, 2.75) is 20.8 Å². The third-order valence-corrected chi connectivity index (χ3v) is 4.69. The van der Waals surface area contributed by atoms with Crippen LogP contribution >= 0.6 is 11.3 Å². The van der Waals surface area contributed by atoms with Gasteiger partial charge >= 0.3 is 0 Å². The summed E-state index contributed by atoms with van der Waals surface area (Å²) in [7, 11) is 1.57. The van der Waals surface area contributed by atoms with E-state index < -0.39 is 0 Å². The highest BCUT2D eigenvalue weighted by Crippen LogP contribution is 2.31. The molecule has 0 atom stereocenters. The van der Waals surface area contributed by atoms with Crippen LogP contribution in [0.5, 0.6) is 11.5 Å². The molecule has 130 valence electrons. The van der Waals surface area contributed by atoms with Gasteiger partial charge in [0, 0.05) is 5.56 Å². The van der Waals surface area contributed by atoms with Crippen LogP contribution in [-0.4, -0.2) is 24.6 Å². The number of amides is 1. The number of hydrogen-bond acceptors (Lipinski definition) is 5. The van der Waals surface area contributed by atoms with E-state index in [-0.39, 0.29) is 5.91 Å². The first-order chi connectivity index (χ1) is 12.0. The maximum absolute atomic E-state index is 12.6. The summed E-state index contributed by atoms with van der Waals surface area (Å²) in [4.78, 5) is 17.1. The van der Waals surface area contributed by atoms with Gasteiger partial charge in [0.25, 0.3) is 5.91 Å². The smallest absolute Gasteiger partial charge is 0.257 e. The number of ether oxygens (including phenoxy) is 2. The van der Waals surface area contributed by atoms with Crippen LogP contribution in [-0.2, 0) is 0 Å². The van der Waals surface area contributed by atoms with Gasteiger partial charge < -0.3 is 9.47 Å². The molecule has 0 saturated carbocycles. The fourth-order valence-electron chi connectivity index (χ4n) is 2.68. The standard InChI is InChI=1S/C19H20N2O3S/c1-5-24-15-10-13(6-7-14(15)23-4)18(22)21-19-20-17-12(3)8-11(2)9-16(17)25-19/h6-10H,5H2,1-4H3,(H,20,21,22). The van der Waals surface area contributed by atoms with Gasteiger partial charge in [-0.2, -0.15) is 0 Å². The lowest BCUT2D eigenvalue weighted by Gasteiger charge is -2.10. The first-order valence-corrected chi connectivity index (χ1v) is 8.83. The lowest BCUT2D eigenvalue weighted by molar-refractivity contribution is 0.102. The zero-order valence-corrected chi connectivity index (χ0v) is 15.5. The zero-order chi connectivity index (χ0) is 18.0. The van der Waals surface area contributed by atoms with Crippen LogP contribution < -0.4 is 14.8 Å². The number of benzene rings is 2. The molecule has 0 spiro atoms. The summed E-state index contributed by atoms with van der Waals surface area (Å²) in [6.07, 6.45) is 0. The highest BCUT2D eigenvalue weighted by molar-refractivity contribution is 7.22. The average Bonchev–Trinajstić information content (AvgIpc) is 2.97. The molecule has 1 amide bonds. The van der Waals surface area contributed by atoms with Gasteiger partial charge in [-0.15, -0.1) is 0 Å². The largest absolute Gasteiger partial charge is 0.493 e. The van der Waals surface area contributed by atoms with Crippen molar-refractivity contribution in [1.29, 1.82) is 0 Å². The minimum Gasteiger partial charge on any atom is -0.493 e. The Bertz CT molecular complexity index is 934. The van der Waals surface area contributed by atoms with E-state index >= 15 is 0 Å². The number of carbonyl (C=O) groups excluding carboxylic acids is 1. The number of hydrogen-bond donors (Lipinski definition) is 1. The van der Waals surface area contributed by atoms with Gasteiger partial charge in [-0.25, -0.2) is 4.98 Å². The van der Waals surface area contributed by atoms with Crippen molar-refractivity contribution in [3.63, 3.8) is 0 Å². The molecule has 25 heavy (non-hydrogen) atoms. The topological polar surface area (TPSA) is 60.5 Å². The quantitative estimate of drug-likeness (QED) is 0.727. The molecule has 0 unspecified atom stereocenters. The molecule has 3 rings (SSSR count). The molecule has 0 aliphatic heterocycles. The molecule has 1 N–H and O–H groups in total. The van der Waals surface area contributed by atoms with E-state index in [9.17, 15) is 4.79 Å². The number of aryl methyl sites for hydroxylation is 2. The van der Waals surface area contributed by atoms with Gasteiger partial charge in [0.1, 0.15) is 0 Å². The second-order valence-electron chi connectivity index (χ2n) is 5.70. The maximum atomic E-state index is 12.6. The van der Waals surface area contributed by atoms with E-state index in [1.54, 1.807) is 25.3 Å². The van der Waals surface area contributed by atoms with E-state index in [0.29, 0.717) is 28.8 Å². The number of nitrogens with one attached hydrogen (secondary N) is 1. The molecule has 0 saturated heterocycles. The second-order valence-corrected chi connectivity index (χ2v) is 6.73. The van der Waals surface area contributed by atoms with E-state index in [1.807, 2.05) is 13.8 Å². The first-order valence-electron chi connectivity index (χ1n) is 8.01. The Balaban J connectivity index is 1.87. The van der Waals surface area contributed by atoms with Crippen LogP contribution in [0, 0.1) is 13.8 Å². The third kappa shape index (κ3) is 3.58. The van der Waals surface area contributed by atoms with E-state index in [0.717, 1.165) is 15.8 Å². The number of nitrogens with zero attached hydrogens (tertiary/aromatic N) is 1. The Morgan fingerprint density at radius 3 is 2.72 bits per heavy atom. The summed E-state index contributed by atoms with van der Waals surface area (Å²) >= 11 is 1.47. The lowest BCUT2D eigenvalue weighted by atomic mass is 10.1. The van der Waals surface area contributed by atoms with Crippen molar-refractivity contribution < 1.29 is 14.3 Å². The molecular weight excluding hydrogens is 336 g/mol. The molecule has 0 fully saturated rings. The molecule has 1 aromatic heterocycles. The molecular formula is C19H20N2O3S. The highest BCUT2D eigenvalue weighted by atomic mass is 32.1. The van der Waals surface area contributed by atoms with Crippen molar-refractivity contribution in [2.75, 3.05) is 19.0 Å². The summed E-state index contributed by atoms with van der Waals surface area (Å²) in [6, 6.07) is 9.28. The van der Waals surface area contributed by atoms with Gasteiger partial charge in [-0.3, -0.25) is 10.1 Å². The lowest BCUT2D eigenvalue weighted by Crippen LogP contribution is -2.12. The molecule has 3 aromatic rings. The summed E-state index contributed by atoms with van der Waals surface area (Å²) in [5.74, 6) is 0.926. The normalized spacial score (nSPS) is 10.7. The minimum atomic E-state index is -0.225. The molecule has 1 heterocycles. The predicted octanol–water partition coefficient (Wildman–Crippen LogP) is 4.57. The predicted molar refractivity (Wildman–Crippen MR) is 101 cm³/mol. The van der Waals surface area contributed by atoms with Crippen LogP contribution in [0.3, 0.4) is 0 Å². The Hall–Kier alpha value is -2.60. The number of aromatic nitrogens is 1. The zero-order valence-electron chi connectivity index (χ0n) is 14.7. The first kappa shape index (κ1) is 17.2. The molecule has 0 bridgehead atoms. The van der Waals surface area contributed by atoms with E-state index in [4.69, 9.17) is 9.47 Å². The molecule has 6 heteroatoms. The van der Waals surface area contributed by atoms with Gasteiger partial charge in [-0.05, 0) is 56.2 Å². The van der Waals surface area contributed by atoms with Gasteiger partial charge in [0.05, 0.1) is 23.9 Å². The SMILES string of the molecule is CCOc1cc(C(=O)Nc2nc3c(C)cc(C)cc3s2)ccc1OC. The maximum Gasteiger partial charge on any atom is 0.257 e. The number of carbonyl (C=O) groups is 1. The van der Waals surface area contributed by atoms with Crippen molar-refractivity contribution >= 4 is 32.6 Å². The summed E-state index contributed by atoms with van der Waals surface area (Å²) in [5.41, 5.74) is 3.71. The van der Waals surface area contributed by atoms with Crippen LogP contribution in [0.4, 0.5) is 5.13 Å². The molecule has 2 aromatic carbocycles. The molecule has 0 aliphatic carbocycles. The Labute approximate surface area is 150 Å². The van der Waals surface area contributed by atoms with E-state index in [1.165, 1.54) is 16.9 Å². The highest BCUT2D eigenvalue weighted by Gasteiger charge is 2.14. The number of fused-ring (bicyclic) bond motifs is 1. The Kier molecular flexibility index (Phi) is 4.90. The van der Waals surface area contributed by atoms with Crippen molar-refractivity contribution in [2.24, 2.45) is 0 Å². The number of anilines is 1. The molecule has 5 nitrogen and oxygen atoms in total. The van der Waals surface area contributed by atoms with Crippen molar-refractivity contribution in [3.8, 4) is 11.5 Å². The fourth-order valence-corrected chi connectivity index (χ4v) is 3.72. The third-order valence-electron chi connectivity index (χ3n) is 3.78. The monoisotopic (exact) mass is 356 g/mol. The summed E-state index contributed by atoms with van der Waals surface area (Å²) in [6.45, 7) is 6.46. The molecule has 0 aliphatic rings. The van der Waals surface area contributed by atoms with Gasteiger partial charge in [-0.1, -0.05) is 17.4 Å². The van der Waals surface area contributed by atoms with E-state index in [2.05, 4.69) is 29.4 Å². The van der Waals surface area contributed by atoms with Crippen LogP contribution in [0.1, 0.15) is 28.4 Å². The van der Waals surface area contributed by atoms with Crippen LogP contribution in [0.2, 0.25) is 0 Å². The Morgan fingerprint density at radius 2 is 2.00 bits per heavy atom.